The van der Waals surface area contributed by atoms with Gasteiger partial charge in [-0.2, -0.15) is 0 Å². The molecule has 5 atom stereocenters. The number of ether oxygens (including phenoxy) is 5. The number of sulfonamides is 1. The standard InChI is InChI=1S/C12H19NO8S/c1-11(2)18-5-6(19-11)8-10(21-12(3,4)20-8)17-7(5)9(14)22(13,15)16/h5-8,10H,1-4H3,(H2,13,15,16)/t5-,6+,7+,8-,10-/m0/s1. The summed E-state index contributed by atoms with van der Waals surface area (Å²) >= 11 is 0. The van der Waals surface area contributed by atoms with E-state index >= 15 is 0 Å². The Hall–Kier alpha value is -0.620. The first kappa shape index (κ1) is 16.2. The molecular formula is C12H19NO8S. The molecule has 3 fully saturated rings. The molecule has 0 aromatic heterocycles. The van der Waals surface area contributed by atoms with Gasteiger partial charge in [-0.15, -0.1) is 0 Å². The van der Waals surface area contributed by atoms with E-state index in [1.54, 1.807) is 27.7 Å². The zero-order chi connectivity index (χ0) is 16.5. The Morgan fingerprint density at radius 3 is 2.00 bits per heavy atom. The summed E-state index contributed by atoms with van der Waals surface area (Å²) in [7, 11) is -4.43. The van der Waals surface area contributed by atoms with Gasteiger partial charge in [0.2, 0.25) is 0 Å². The highest BCUT2D eigenvalue weighted by Crippen LogP contribution is 2.44. The van der Waals surface area contributed by atoms with Crippen LogP contribution < -0.4 is 5.14 Å². The molecule has 0 aliphatic carbocycles. The van der Waals surface area contributed by atoms with E-state index in [1.807, 2.05) is 0 Å². The lowest BCUT2D eigenvalue weighted by Gasteiger charge is -2.35. The van der Waals surface area contributed by atoms with Crippen molar-refractivity contribution in [3.05, 3.63) is 0 Å². The average molecular weight is 337 g/mol. The monoisotopic (exact) mass is 337 g/mol. The van der Waals surface area contributed by atoms with Crippen LogP contribution >= 0.6 is 0 Å². The van der Waals surface area contributed by atoms with Crippen molar-refractivity contribution in [2.24, 2.45) is 5.14 Å². The van der Waals surface area contributed by atoms with Gasteiger partial charge in [-0.05, 0) is 27.7 Å². The van der Waals surface area contributed by atoms with E-state index < -0.39 is 57.4 Å². The van der Waals surface area contributed by atoms with Crippen LogP contribution in [-0.4, -0.2) is 55.8 Å². The molecule has 0 radical (unpaired) electrons. The molecule has 10 heteroatoms. The Labute approximate surface area is 128 Å². The molecule has 3 heterocycles. The first-order valence-corrected chi connectivity index (χ1v) is 8.38. The topological polar surface area (TPSA) is 123 Å². The molecule has 3 saturated heterocycles. The number of nitrogens with two attached hydrogens (primary N) is 1. The van der Waals surface area contributed by atoms with Gasteiger partial charge in [0.15, 0.2) is 24.0 Å². The van der Waals surface area contributed by atoms with E-state index in [4.69, 9.17) is 28.8 Å². The number of carbonyl (C=O) groups is 1. The molecule has 0 aromatic carbocycles. The van der Waals surface area contributed by atoms with Gasteiger partial charge < -0.3 is 23.7 Å². The fourth-order valence-electron chi connectivity index (χ4n) is 2.96. The van der Waals surface area contributed by atoms with Crippen LogP contribution in [0.25, 0.3) is 0 Å². The van der Waals surface area contributed by atoms with Crippen LogP contribution in [0.2, 0.25) is 0 Å². The third-order valence-corrected chi connectivity index (χ3v) is 4.46. The highest BCUT2D eigenvalue weighted by Gasteiger charge is 2.63. The fourth-order valence-corrected chi connectivity index (χ4v) is 3.48. The van der Waals surface area contributed by atoms with Crippen LogP contribution in [0.5, 0.6) is 0 Å². The molecule has 0 unspecified atom stereocenters. The van der Waals surface area contributed by atoms with Gasteiger partial charge in [-0.25, -0.2) is 13.6 Å². The predicted molar refractivity (Wildman–Crippen MR) is 70.6 cm³/mol. The second-order valence-corrected chi connectivity index (χ2v) is 7.95. The van der Waals surface area contributed by atoms with Crippen molar-refractivity contribution in [2.45, 2.75) is 70.0 Å². The van der Waals surface area contributed by atoms with Gasteiger partial charge in [-0.1, -0.05) is 0 Å². The van der Waals surface area contributed by atoms with Crippen molar-refractivity contribution < 1.29 is 36.9 Å². The van der Waals surface area contributed by atoms with E-state index in [0.717, 1.165) is 0 Å². The minimum absolute atomic E-state index is 0.633. The smallest absolute Gasteiger partial charge is 0.292 e. The molecule has 3 aliphatic heterocycles. The molecule has 126 valence electrons. The second kappa shape index (κ2) is 4.69. The Morgan fingerprint density at radius 1 is 0.909 bits per heavy atom. The van der Waals surface area contributed by atoms with Crippen LogP contribution in [0.1, 0.15) is 27.7 Å². The van der Waals surface area contributed by atoms with Gasteiger partial charge >= 0.3 is 0 Å². The summed E-state index contributed by atoms with van der Waals surface area (Å²) in [6.45, 7) is 6.67. The third kappa shape index (κ3) is 2.68. The third-order valence-electron chi connectivity index (χ3n) is 3.67. The van der Waals surface area contributed by atoms with Crippen molar-refractivity contribution in [3.8, 4) is 0 Å². The van der Waals surface area contributed by atoms with Gasteiger partial charge in [-0.3, -0.25) is 4.79 Å². The van der Waals surface area contributed by atoms with Gasteiger partial charge in [0.25, 0.3) is 15.1 Å². The number of hydrogen-bond donors (Lipinski definition) is 1. The van der Waals surface area contributed by atoms with E-state index in [9.17, 15) is 13.2 Å². The molecule has 3 aliphatic rings. The van der Waals surface area contributed by atoms with E-state index in [-0.39, 0.29) is 0 Å². The quantitative estimate of drug-likeness (QED) is 0.659. The molecule has 0 aromatic rings. The van der Waals surface area contributed by atoms with Crippen molar-refractivity contribution in [1.82, 2.24) is 0 Å². The Bertz CT molecular complexity index is 600. The number of hydrogen-bond acceptors (Lipinski definition) is 8. The molecule has 0 amide bonds. The van der Waals surface area contributed by atoms with Crippen molar-refractivity contribution in [1.29, 1.82) is 0 Å². The summed E-state index contributed by atoms with van der Waals surface area (Å²) in [4.78, 5) is 12.1. The number of primary sulfonamides is 1. The maximum Gasteiger partial charge on any atom is 0.292 e. The lowest BCUT2D eigenvalue weighted by atomic mass is 10.00. The Morgan fingerprint density at radius 2 is 1.41 bits per heavy atom. The van der Waals surface area contributed by atoms with Crippen LogP contribution in [-0.2, 0) is 38.5 Å². The molecule has 0 bridgehead atoms. The zero-order valence-corrected chi connectivity index (χ0v) is 13.5. The summed E-state index contributed by atoms with van der Waals surface area (Å²) < 4.78 is 50.9. The van der Waals surface area contributed by atoms with E-state index in [0.29, 0.717) is 0 Å². The van der Waals surface area contributed by atoms with Crippen LogP contribution in [0, 0.1) is 0 Å². The Kier molecular flexibility index (Phi) is 3.47. The van der Waals surface area contributed by atoms with Gasteiger partial charge in [0, 0.05) is 0 Å². The summed E-state index contributed by atoms with van der Waals surface area (Å²) in [5.74, 6) is -1.96. The predicted octanol–water partition coefficient (Wildman–Crippen LogP) is -0.802. The minimum atomic E-state index is -4.43. The summed E-state index contributed by atoms with van der Waals surface area (Å²) in [5, 5.41) is 3.66. The molecule has 3 rings (SSSR count). The Balaban J connectivity index is 1.95. The zero-order valence-electron chi connectivity index (χ0n) is 12.6. The molecule has 0 spiro atoms. The first-order chi connectivity index (χ1) is 9.90. The number of rotatable bonds is 1. The van der Waals surface area contributed by atoms with Crippen molar-refractivity contribution in [3.63, 3.8) is 0 Å². The van der Waals surface area contributed by atoms with Gasteiger partial charge in [0.05, 0.1) is 0 Å². The van der Waals surface area contributed by atoms with Crippen molar-refractivity contribution in [2.75, 3.05) is 0 Å². The van der Waals surface area contributed by atoms with E-state index in [2.05, 4.69) is 0 Å². The maximum atomic E-state index is 12.1. The molecule has 22 heavy (non-hydrogen) atoms. The lowest BCUT2D eigenvalue weighted by Crippen LogP contribution is -2.59. The van der Waals surface area contributed by atoms with Crippen molar-refractivity contribution >= 4 is 15.1 Å². The van der Waals surface area contributed by atoms with Crippen LogP contribution in [0.15, 0.2) is 0 Å². The number of carbonyl (C=O) groups excluding carboxylic acids is 1. The number of fused-ring (bicyclic) bond motifs is 3. The normalized spacial score (nSPS) is 42.7. The largest absolute Gasteiger partial charge is 0.342 e. The summed E-state index contributed by atoms with van der Waals surface area (Å²) in [6, 6.07) is 0. The second-order valence-electron chi connectivity index (χ2n) is 6.45. The fraction of sp³-hybridized carbons (Fsp3) is 0.917. The van der Waals surface area contributed by atoms with Crippen LogP contribution in [0.4, 0.5) is 0 Å². The molecule has 0 saturated carbocycles. The summed E-state index contributed by atoms with van der Waals surface area (Å²) in [6.07, 6.45) is -4.65. The summed E-state index contributed by atoms with van der Waals surface area (Å²) in [5.41, 5.74) is 0. The average Bonchev–Trinajstić information content (AvgIpc) is 2.80. The van der Waals surface area contributed by atoms with Gasteiger partial charge in [0.1, 0.15) is 18.3 Å². The first-order valence-electron chi connectivity index (χ1n) is 6.83. The maximum absolute atomic E-state index is 12.1. The lowest BCUT2D eigenvalue weighted by molar-refractivity contribution is -0.228. The SMILES string of the molecule is CC1(C)O[C@@H]2O[C@@H](C(=O)S(N)(=O)=O)[C@H]3OC(C)(C)O[C@H]3[C@@H]2O1. The molecular weight excluding hydrogens is 318 g/mol. The minimum Gasteiger partial charge on any atom is -0.342 e. The molecule has 9 nitrogen and oxygen atoms in total. The molecule has 2 N–H and O–H groups in total. The highest BCUT2D eigenvalue weighted by molar-refractivity contribution is 8.04. The van der Waals surface area contributed by atoms with Crippen LogP contribution in [0.3, 0.4) is 0 Å². The highest BCUT2D eigenvalue weighted by atomic mass is 32.2. The van der Waals surface area contributed by atoms with E-state index in [1.165, 1.54) is 0 Å².